The molecule has 0 radical (unpaired) electrons. The lowest BCUT2D eigenvalue weighted by atomic mass is 9.95. The Morgan fingerprint density at radius 2 is 1.60 bits per heavy atom. The molecule has 0 aromatic carbocycles. The van der Waals surface area contributed by atoms with Gasteiger partial charge in [0.2, 0.25) is 6.41 Å². The van der Waals surface area contributed by atoms with E-state index < -0.39 is 0 Å². The molecule has 0 aromatic heterocycles. The van der Waals surface area contributed by atoms with Gasteiger partial charge in [-0.25, -0.2) is 0 Å². The molecule has 1 fully saturated rings. The maximum Gasteiger partial charge on any atom is 0.218 e. The van der Waals surface area contributed by atoms with Crippen molar-refractivity contribution in [1.29, 1.82) is 0 Å². The highest BCUT2D eigenvalue weighted by Gasteiger charge is 2.24. The highest BCUT2D eigenvalue weighted by molar-refractivity contribution is 4.73. The Morgan fingerprint density at radius 1 is 1.07 bits per heavy atom. The lowest BCUT2D eigenvalue weighted by Crippen LogP contribution is -2.44. The lowest BCUT2D eigenvalue weighted by molar-refractivity contribution is -0.225. The largest absolute Gasteiger partial charge is 0.340 e. The van der Waals surface area contributed by atoms with Gasteiger partial charge in [-0.05, 0) is 33.7 Å². The SMILES string of the molecule is CCOC(OCC)N(C)C1CCCCC1. The van der Waals surface area contributed by atoms with E-state index in [2.05, 4.69) is 11.9 Å². The first-order valence-electron chi connectivity index (χ1n) is 6.24. The van der Waals surface area contributed by atoms with Crippen molar-refractivity contribution in [3.63, 3.8) is 0 Å². The van der Waals surface area contributed by atoms with Crippen LogP contribution in [-0.2, 0) is 9.47 Å². The van der Waals surface area contributed by atoms with Gasteiger partial charge in [-0.3, -0.25) is 4.90 Å². The standard InChI is InChI=1S/C12H25NO2/c1-4-14-12(15-5-2)13(3)11-9-7-6-8-10-11/h11-12H,4-10H2,1-3H3. The summed E-state index contributed by atoms with van der Waals surface area (Å²) in [6, 6.07) is 0.641. The maximum absolute atomic E-state index is 5.60. The number of rotatable bonds is 6. The van der Waals surface area contributed by atoms with E-state index in [0.29, 0.717) is 19.3 Å². The molecule has 0 atom stereocenters. The predicted octanol–water partition coefficient (Wildman–Crippen LogP) is 2.61. The molecule has 0 unspecified atom stereocenters. The molecule has 0 bridgehead atoms. The number of ether oxygens (including phenoxy) is 2. The summed E-state index contributed by atoms with van der Waals surface area (Å²) in [7, 11) is 2.12. The van der Waals surface area contributed by atoms with Gasteiger partial charge in [-0.15, -0.1) is 0 Å². The van der Waals surface area contributed by atoms with Crippen LogP contribution in [0.4, 0.5) is 0 Å². The highest BCUT2D eigenvalue weighted by Crippen LogP contribution is 2.23. The Hall–Kier alpha value is -0.120. The van der Waals surface area contributed by atoms with Crippen molar-refractivity contribution < 1.29 is 9.47 Å². The van der Waals surface area contributed by atoms with Crippen LogP contribution in [0, 0.1) is 0 Å². The molecule has 0 spiro atoms. The van der Waals surface area contributed by atoms with E-state index in [1.54, 1.807) is 0 Å². The fraction of sp³-hybridized carbons (Fsp3) is 1.00. The smallest absolute Gasteiger partial charge is 0.218 e. The zero-order chi connectivity index (χ0) is 11.1. The second kappa shape index (κ2) is 7.20. The van der Waals surface area contributed by atoms with Crippen LogP contribution in [-0.4, -0.2) is 37.6 Å². The normalized spacial score (nSPS) is 19.0. The van der Waals surface area contributed by atoms with E-state index in [1.807, 2.05) is 13.8 Å². The Morgan fingerprint density at radius 3 is 2.07 bits per heavy atom. The van der Waals surface area contributed by atoms with Gasteiger partial charge in [0.05, 0.1) is 0 Å². The predicted molar refractivity (Wildman–Crippen MR) is 61.7 cm³/mol. The first kappa shape index (κ1) is 12.9. The van der Waals surface area contributed by atoms with Crippen molar-refractivity contribution in [1.82, 2.24) is 4.90 Å². The van der Waals surface area contributed by atoms with Gasteiger partial charge in [-0.2, -0.15) is 0 Å². The quantitative estimate of drug-likeness (QED) is 0.636. The molecular formula is C12H25NO2. The van der Waals surface area contributed by atoms with Crippen molar-refractivity contribution in [3.8, 4) is 0 Å². The average molecular weight is 215 g/mol. The van der Waals surface area contributed by atoms with Crippen LogP contribution in [0.3, 0.4) is 0 Å². The maximum atomic E-state index is 5.60. The van der Waals surface area contributed by atoms with Crippen molar-refractivity contribution in [3.05, 3.63) is 0 Å². The van der Waals surface area contributed by atoms with Gasteiger partial charge in [-0.1, -0.05) is 19.3 Å². The molecule has 0 heterocycles. The number of nitrogens with zero attached hydrogens (tertiary/aromatic N) is 1. The van der Waals surface area contributed by atoms with Gasteiger partial charge in [0, 0.05) is 19.3 Å². The van der Waals surface area contributed by atoms with Crippen molar-refractivity contribution in [2.24, 2.45) is 0 Å². The Kier molecular flexibility index (Phi) is 6.22. The van der Waals surface area contributed by atoms with Gasteiger partial charge < -0.3 is 9.47 Å². The zero-order valence-electron chi connectivity index (χ0n) is 10.4. The number of hydrogen-bond acceptors (Lipinski definition) is 3. The third kappa shape index (κ3) is 4.09. The van der Waals surface area contributed by atoms with Crippen LogP contribution >= 0.6 is 0 Å². The van der Waals surface area contributed by atoms with Gasteiger partial charge in [0.1, 0.15) is 0 Å². The van der Waals surface area contributed by atoms with E-state index in [9.17, 15) is 0 Å². The summed E-state index contributed by atoms with van der Waals surface area (Å²) in [5.41, 5.74) is 0. The Labute approximate surface area is 93.7 Å². The fourth-order valence-electron chi connectivity index (χ4n) is 2.23. The third-order valence-corrected chi connectivity index (χ3v) is 3.10. The molecule has 1 aliphatic rings. The molecule has 1 rings (SSSR count). The molecule has 15 heavy (non-hydrogen) atoms. The average Bonchev–Trinajstić information content (AvgIpc) is 2.29. The van der Waals surface area contributed by atoms with Crippen LogP contribution in [0.15, 0.2) is 0 Å². The van der Waals surface area contributed by atoms with Crippen molar-refractivity contribution >= 4 is 0 Å². The zero-order valence-corrected chi connectivity index (χ0v) is 10.4. The van der Waals surface area contributed by atoms with E-state index >= 15 is 0 Å². The second-order valence-corrected chi connectivity index (χ2v) is 4.18. The fourth-order valence-corrected chi connectivity index (χ4v) is 2.23. The summed E-state index contributed by atoms with van der Waals surface area (Å²) < 4.78 is 11.2. The molecule has 1 saturated carbocycles. The molecule has 90 valence electrons. The van der Waals surface area contributed by atoms with E-state index in [1.165, 1.54) is 32.1 Å². The molecular weight excluding hydrogens is 190 g/mol. The lowest BCUT2D eigenvalue weighted by Gasteiger charge is -2.36. The minimum atomic E-state index is -0.150. The highest BCUT2D eigenvalue weighted by atomic mass is 16.7. The van der Waals surface area contributed by atoms with E-state index in [4.69, 9.17) is 9.47 Å². The van der Waals surface area contributed by atoms with E-state index in [0.717, 1.165) is 0 Å². The molecule has 0 aromatic rings. The first-order chi connectivity index (χ1) is 7.29. The summed E-state index contributed by atoms with van der Waals surface area (Å²) in [4.78, 5) is 2.26. The van der Waals surface area contributed by atoms with Gasteiger partial charge >= 0.3 is 0 Å². The van der Waals surface area contributed by atoms with Crippen LogP contribution in [0.2, 0.25) is 0 Å². The second-order valence-electron chi connectivity index (χ2n) is 4.18. The van der Waals surface area contributed by atoms with Gasteiger partial charge in [0.15, 0.2) is 0 Å². The van der Waals surface area contributed by atoms with Crippen LogP contribution < -0.4 is 0 Å². The summed E-state index contributed by atoms with van der Waals surface area (Å²) in [5, 5.41) is 0. The van der Waals surface area contributed by atoms with Crippen LogP contribution in [0.1, 0.15) is 46.0 Å². The van der Waals surface area contributed by atoms with Crippen molar-refractivity contribution in [2.75, 3.05) is 20.3 Å². The summed E-state index contributed by atoms with van der Waals surface area (Å²) in [5.74, 6) is 0. The molecule has 3 heteroatoms. The summed E-state index contributed by atoms with van der Waals surface area (Å²) >= 11 is 0. The summed E-state index contributed by atoms with van der Waals surface area (Å²) in [6.07, 6.45) is 6.50. The molecule has 0 aliphatic heterocycles. The third-order valence-electron chi connectivity index (χ3n) is 3.10. The molecule has 0 N–H and O–H groups in total. The topological polar surface area (TPSA) is 21.7 Å². The molecule has 3 nitrogen and oxygen atoms in total. The van der Waals surface area contributed by atoms with Crippen molar-refractivity contribution in [2.45, 2.75) is 58.4 Å². The van der Waals surface area contributed by atoms with Crippen LogP contribution in [0.5, 0.6) is 0 Å². The van der Waals surface area contributed by atoms with Crippen LogP contribution in [0.25, 0.3) is 0 Å². The summed E-state index contributed by atoms with van der Waals surface area (Å²) in [6.45, 7) is 5.45. The molecule has 0 saturated heterocycles. The molecule has 0 amide bonds. The monoisotopic (exact) mass is 215 g/mol. The minimum absolute atomic E-state index is 0.150. The first-order valence-corrected chi connectivity index (χ1v) is 6.24. The van der Waals surface area contributed by atoms with Gasteiger partial charge in [0.25, 0.3) is 0 Å². The number of hydrogen-bond donors (Lipinski definition) is 0. The Balaban J connectivity index is 2.41. The Bertz CT molecular complexity index is 152. The molecule has 1 aliphatic carbocycles. The minimum Gasteiger partial charge on any atom is -0.340 e. The van der Waals surface area contributed by atoms with E-state index in [-0.39, 0.29) is 6.41 Å².